The van der Waals surface area contributed by atoms with E-state index in [2.05, 4.69) is 32.1 Å². The Hall–Kier alpha value is -2.93. The fourth-order valence-corrected chi connectivity index (χ4v) is 4.23. The van der Waals surface area contributed by atoms with E-state index in [0.29, 0.717) is 21.8 Å². The summed E-state index contributed by atoms with van der Waals surface area (Å²) in [5.41, 5.74) is 0.259. The van der Waals surface area contributed by atoms with Gasteiger partial charge in [0.05, 0.1) is 0 Å². The molecule has 4 rings (SSSR count). The van der Waals surface area contributed by atoms with Crippen molar-refractivity contribution in [2.24, 2.45) is 12.0 Å². The fraction of sp³-hybridized carbons (Fsp3) is 0.263. The molecule has 0 saturated carbocycles. The predicted octanol–water partition coefficient (Wildman–Crippen LogP) is 1.72. The number of hydrogen-bond acceptors (Lipinski definition) is 5. The van der Waals surface area contributed by atoms with Crippen molar-refractivity contribution in [3.63, 3.8) is 0 Å². The topological polar surface area (TPSA) is 94.4 Å². The molecule has 0 saturated heterocycles. The van der Waals surface area contributed by atoms with E-state index in [4.69, 9.17) is 4.42 Å². The minimum absolute atomic E-state index is 0.129. The first-order valence-corrected chi connectivity index (χ1v) is 9.70. The van der Waals surface area contributed by atoms with Crippen LogP contribution in [0.3, 0.4) is 0 Å². The van der Waals surface area contributed by atoms with Crippen molar-refractivity contribution in [2.75, 3.05) is 5.32 Å². The second-order valence-electron chi connectivity index (χ2n) is 7.10. The normalized spacial score (nSPS) is 18.3. The molecule has 29 heavy (non-hydrogen) atoms. The van der Waals surface area contributed by atoms with Gasteiger partial charge in [-0.15, -0.1) is 0 Å². The number of aliphatic imine (C=N–C) groups is 1. The van der Waals surface area contributed by atoms with Gasteiger partial charge in [0.15, 0.2) is 0 Å². The average Bonchev–Trinajstić information content (AvgIpc) is 3.22. The molecule has 1 atom stereocenters. The number of anilines is 1. The number of aryl methyl sites for hydroxylation is 2. The summed E-state index contributed by atoms with van der Waals surface area (Å²) in [6.45, 7) is 3.57. The van der Waals surface area contributed by atoms with Gasteiger partial charge in [-0.3, -0.25) is 0 Å². The fourth-order valence-electron chi connectivity index (χ4n) is 3.39. The van der Waals surface area contributed by atoms with Gasteiger partial charge in [0, 0.05) is 0 Å². The molecule has 1 aliphatic heterocycles. The molecular weight excluding hydrogens is 440 g/mol. The Balaban J connectivity index is 1.70. The molecule has 0 aliphatic carbocycles. The Morgan fingerprint density at radius 1 is 1.41 bits per heavy atom. The van der Waals surface area contributed by atoms with Crippen LogP contribution in [0.5, 0.6) is 0 Å². The van der Waals surface area contributed by atoms with Gasteiger partial charge in [-0.1, -0.05) is 0 Å². The number of nitrogens with one attached hydrogen (secondary N) is 1. The Morgan fingerprint density at radius 2 is 2.17 bits per heavy atom. The predicted molar refractivity (Wildman–Crippen MR) is 105 cm³/mol. The molecule has 3 heterocycles. The molecule has 1 aromatic carbocycles. The van der Waals surface area contributed by atoms with Crippen LogP contribution in [0.1, 0.15) is 34.6 Å². The van der Waals surface area contributed by atoms with Crippen LogP contribution in [-0.2, 0) is 19.1 Å². The number of nitrogens with zero attached hydrogens (tertiary/aromatic N) is 4. The van der Waals surface area contributed by atoms with Crippen molar-refractivity contribution >= 4 is 32.9 Å². The van der Waals surface area contributed by atoms with E-state index >= 15 is 0 Å². The van der Waals surface area contributed by atoms with Crippen molar-refractivity contribution in [2.45, 2.75) is 25.9 Å². The molecular formula is C19H17AsFN5O3. The standard InChI is InChI=1S/C19H17AsFN5O3/c1-10-22-14(8-29-10)17(27)23-11-4-5-13(21)12(6-11)19(2)9-26-15(16(20)24-19)7-25(3)18(26)28/h4-8H,9H2,1-3H3,(H,23,27)/t19-/m0/s1. The van der Waals surface area contributed by atoms with Gasteiger partial charge < -0.3 is 0 Å². The van der Waals surface area contributed by atoms with Gasteiger partial charge in [-0.2, -0.15) is 0 Å². The van der Waals surface area contributed by atoms with Gasteiger partial charge in [0.1, 0.15) is 0 Å². The van der Waals surface area contributed by atoms with Crippen molar-refractivity contribution in [3.05, 3.63) is 69.8 Å². The monoisotopic (exact) mass is 457 g/mol. The van der Waals surface area contributed by atoms with Crippen molar-refractivity contribution < 1.29 is 13.6 Å². The molecule has 3 aromatic rings. The molecule has 0 spiro atoms. The van der Waals surface area contributed by atoms with Crippen molar-refractivity contribution in [1.29, 1.82) is 0 Å². The van der Waals surface area contributed by atoms with E-state index in [1.807, 2.05) is 0 Å². The number of hydrogen-bond donors (Lipinski definition) is 1. The Labute approximate surface area is 174 Å². The number of amides is 1. The third-order valence-corrected chi connectivity index (χ3v) is 5.53. The molecule has 2 aromatic heterocycles. The van der Waals surface area contributed by atoms with Crippen LogP contribution in [0.25, 0.3) is 0 Å². The quantitative estimate of drug-likeness (QED) is 0.607. The molecule has 0 unspecified atom stereocenters. The van der Waals surface area contributed by atoms with E-state index in [0.717, 1.165) is 0 Å². The van der Waals surface area contributed by atoms with Gasteiger partial charge in [0.2, 0.25) is 0 Å². The number of carbonyl (C=O) groups is 1. The summed E-state index contributed by atoms with van der Waals surface area (Å²) < 4.78 is 23.4. The second kappa shape index (κ2) is 6.84. The zero-order chi connectivity index (χ0) is 20.9. The number of aromatic nitrogens is 3. The van der Waals surface area contributed by atoms with E-state index in [9.17, 15) is 14.0 Å². The van der Waals surface area contributed by atoms with Crippen LogP contribution < -0.4 is 11.0 Å². The zero-order valence-corrected chi connectivity index (χ0v) is 17.8. The van der Waals surface area contributed by atoms with Crippen LogP contribution >= 0.6 is 0 Å². The van der Waals surface area contributed by atoms with Gasteiger partial charge in [-0.05, 0) is 0 Å². The third-order valence-electron chi connectivity index (χ3n) is 4.84. The van der Waals surface area contributed by atoms with Crippen LogP contribution in [0.2, 0.25) is 0 Å². The second-order valence-corrected chi connectivity index (χ2v) is 7.99. The minimum atomic E-state index is -1.02. The van der Waals surface area contributed by atoms with E-state index in [1.165, 1.54) is 29.0 Å². The average molecular weight is 457 g/mol. The number of benzene rings is 1. The van der Waals surface area contributed by atoms with Gasteiger partial charge in [0.25, 0.3) is 0 Å². The number of halogens is 1. The third kappa shape index (κ3) is 3.35. The molecule has 1 amide bonds. The van der Waals surface area contributed by atoms with Crippen LogP contribution in [-0.4, -0.2) is 41.4 Å². The number of oxazole rings is 1. The summed E-state index contributed by atoms with van der Waals surface area (Å²) in [7, 11) is 1.66. The SMILES string of the molecule is Cc1nc(C(=O)Nc2ccc(F)c([C@]3(C)Cn4c(cn(C)c4=O)C([As])=N3)c2)co1. The summed E-state index contributed by atoms with van der Waals surface area (Å²) in [6, 6.07) is 4.26. The summed E-state index contributed by atoms with van der Waals surface area (Å²) in [6.07, 6.45) is 2.96. The molecule has 8 nitrogen and oxygen atoms in total. The molecule has 0 bridgehead atoms. The first-order valence-electron chi connectivity index (χ1n) is 8.77. The number of rotatable bonds is 3. The maximum atomic E-state index is 14.8. The first-order chi connectivity index (χ1) is 13.7. The van der Waals surface area contributed by atoms with Crippen LogP contribution in [0.4, 0.5) is 10.1 Å². The molecule has 2 radical (unpaired) electrons. The van der Waals surface area contributed by atoms with Crippen LogP contribution in [0, 0.1) is 12.7 Å². The summed E-state index contributed by atoms with van der Waals surface area (Å²) in [5.74, 6) is -0.568. The van der Waals surface area contributed by atoms with E-state index < -0.39 is 17.3 Å². The van der Waals surface area contributed by atoms with Gasteiger partial charge >= 0.3 is 174 Å². The summed E-state index contributed by atoms with van der Waals surface area (Å²) in [4.78, 5) is 33.4. The molecule has 0 fully saturated rings. The van der Waals surface area contributed by atoms with Crippen molar-refractivity contribution in [3.8, 4) is 0 Å². The summed E-state index contributed by atoms with van der Waals surface area (Å²) in [5, 5.41) is 2.69. The van der Waals surface area contributed by atoms with Crippen LogP contribution in [0.15, 0.2) is 44.9 Å². The Kier molecular flexibility index (Phi) is 4.57. The Bertz CT molecular complexity index is 1220. The number of carbonyl (C=O) groups excluding carboxylic acids is 1. The number of imidazole rings is 1. The van der Waals surface area contributed by atoms with Crippen molar-refractivity contribution in [1.82, 2.24) is 14.1 Å². The van der Waals surface area contributed by atoms with E-state index in [-0.39, 0.29) is 23.5 Å². The Morgan fingerprint density at radius 3 is 2.86 bits per heavy atom. The zero-order valence-electron chi connectivity index (χ0n) is 15.9. The molecule has 148 valence electrons. The summed E-state index contributed by atoms with van der Waals surface area (Å²) >= 11 is 2.32. The maximum absolute atomic E-state index is 14.8. The van der Waals surface area contributed by atoms with E-state index in [1.54, 1.807) is 31.7 Å². The number of fused-ring (bicyclic) bond motifs is 1. The van der Waals surface area contributed by atoms with Gasteiger partial charge in [-0.25, -0.2) is 0 Å². The molecule has 1 aliphatic rings. The molecule has 10 heteroatoms. The molecule has 1 N–H and O–H groups in total. The first kappa shape index (κ1) is 19.4.